The molecular weight excluding hydrogens is 320 g/mol. The van der Waals surface area contributed by atoms with Gasteiger partial charge in [0.25, 0.3) is 0 Å². The third-order valence-corrected chi connectivity index (χ3v) is 3.62. The van der Waals surface area contributed by atoms with E-state index in [-0.39, 0.29) is 11.8 Å². The first kappa shape index (κ1) is 16.7. The van der Waals surface area contributed by atoms with E-state index in [1.165, 1.54) is 0 Å². The van der Waals surface area contributed by atoms with Crippen LogP contribution in [-0.4, -0.2) is 29.3 Å². The number of carbonyl (C=O) groups is 2. The molecule has 1 atom stereocenters. The Hall–Kier alpha value is -1.36. The molecule has 0 unspecified atom stereocenters. The minimum atomic E-state index is -0.467. The highest BCUT2D eigenvalue weighted by molar-refractivity contribution is 9.10. The number of hydrogen-bond donors (Lipinski definition) is 1. The van der Waals surface area contributed by atoms with Gasteiger partial charge in [-0.3, -0.25) is 9.59 Å². The molecule has 0 saturated heterocycles. The molecule has 1 N–H and O–H groups in total. The fourth-order valence-corrected chi connectivity index (χ4v) is 2.16. The number of hydrogen-bond acceptors (Lipinski definition) is 2. The fraction of sp³-hybridized carbons (Fsp3) is 0.467. The summed E-state index contributed by atoms with van der Waals surface area (Å²) in [5.74, 6) is -0.141. The molecule has 20 heavy (non-hydrogen) atoms. The molecule has 1 aromatic rings. The minimum absolute atomic E-state index is 0.0216. The fourth-order valence-electron chi connectivity index (χ4n) is 1.89. The van der Waals surface area contributed by atoms with Crippen LogP contribution in [0.1, 0.15) is 32.8 Å². The largest absolute Gasteiger partial charge is 0.355 e. The SMILES string of the molecule is CCNC(=O)[C@H](C)N(Cc1ccc(Br)cc1)C(=O)CC. The van der Waals surface area contributed by atoms with Gasteiger partial charge in [0.05, 0.1) is 0 Å². The zero-order valence-corrected chi connectivity index (χ0v) is 13.7. The summed E-state index contributed by atoms with van der Waals surface area (Å²) in [4.78, 5) is 25.6. The molecule has 4 nitrogen and oxygen atoms in total. The van der Waals surface area contributed by atoms with E-state index in [1.54, 1.807) is 18.7 Å². The first-order chi connectivity index (χ1) is 9.49. The Morgan fingerprint density at radius 2 is 1.85 bits per heavy atom. The molecule has 0 bridgehead atoms. The normalized spacial score (nSPS) is 11.8. The average molecular weight is 341 g/mol. The average Bonchev–Trinajstić information content (AvgIpc) is 2.45. The summed E-state index contributed by atoms with van der Waals surface area (Å²) in [6.07, 6.45) is 0.389. The molecule has 1 aromatic carbocycles. The van der Waals surface area contributed by atoms with Crippen molar-refractivity contribution >= 4 is 27.7 Å². The highest BCUT2D eigenvalue weighted by atomic mass is 79.9. The molecule has 0 aliphatic carbocycles. The molecular formula is C15H21BrN2O2. The second-order valence-electron chi connectivity index (χ2n) is 4.57. The highest BCUT2D eigenvalue weighted by Crippen LogP contribution is 2.14. The van der Waals surface area contributed by atoms with Crippen LogP contribution in [0.3, 0.4) is 0 Å². The van der Waals surface area contributed by atoms with Crippen LogP contribution in [-0.2, 0) is 16.1 Å². The number of carbonyl (C=O) groups excluding carboxylic acids is 2. The molecule has 0 radical (unpaired) electrons. The van der Waals surface area contributed by atoms with E-state index in [4.69, 9.17) is 0 Å². The van der Waals surface area contributed by atoms with E-state index in [9.17, 15) is 9.59 Å². The van der Waals surface area contributed by atoms with E-state index in [1.807, 2.05) is 31.2 Å². The van der Waals surface area contributed by atoms with Gasteiger partial charge in [-0.2, -0.15) is 0 Å². The van der Waals surface area contributed by atoms with E-state index in [0.717, 1.165) is 10.0 Å². The van der Waals surface area contributed by atoms with E-state index >= 15 is 0 Å². The van der Waals surface area contributed by atoms with Crippen LogP contribution in [0.25, 0.3) is 0 Å². The Morgan fingerprint density at radius 1 is 1.25 bits per heavy atom. The zero-order chi connectivity index (χ0) is 15.1. The van der Waals surface area contributed by atoms with Crippen molar-refractivity contribution in [3.8, 4) is 0 Å². The van der Waals surface area contributed by atoms with Crippen LogP contribution in [0.5, 0.6) is 0 Å². The van der Waals surface area contributed by atoms with Gasteiger partial charge in [-0.1, -0.05) is 35.0 Å². The number of halogens is 1. The van der Waals surface area contributed by atoms with Crippen molar-refractivity contribution in [2.45, 2.75) is 39.8 Å². The van der Waals surface area contributed by atoms with Crippen molar-refractivity contribution in [1.29, 1.82) is 0 Å². The Morgan fingerprint density at radius 3 is 2.35 bits per heavy atom. The number of amides is 2. The van der Waals surface area contributed by atoms with Crippen LogP contribution in [0, 0.1) is 0 Å². The summed E-state index contributed by atoms with van der Waals surface area (Å²) in [5.41, 5.74) is 1.01. The van der Waals surface area contributed by atoms with Crippen molar-refractivity contribution in [2.75, 3.05) is 6.54 Å². The van der Waals surface area contributed by atoms with Crippen LogP contribution < -0.4 is 5.32 Å². The van der Waals surface area contributed by atoms with E-state index < -0.39 is 6.04 Å². The highest BCUT2D eigenvalue weighted by Gasteiger charge is 2.24. The Bertz CT molecular complexity index is 459. The summed E-state index contributed by atoms with van der Waals surface area (Å²) in [6.45, 7) is 6.44. The van der Waals surface area contributed by atoms with Gasteiger partial charge in [0.1, 0.15) is 6.04 Å². The molecule has 0 saturated carbocycles. The number of benzene rings is 1. The molecule has 2 amide bonds. The number of nitrogens with one attached hydrogen (secondary N) is 1. The Labute approximate surface area is 128 Å². The Kier molecular flexibility index (Phi) is 6.71. The topological polar surface area (TPSA) is 49.4 Å². The minimum Gasteiger partial charge on any atom is -0.355 e. The van der Waals surface area contributed by atoms with Crippen LogP contribution in [0.2, 0.25) is 0 Å². The molecule has 110 valence electrons. The summed E-state index contributed by atoms with van der Waals surface area (Å²) in [7, 11) is 0. The summed E-state index contributed by atoms with van der Waals surface area (Å²) in [5, 5.41) is 2.76. The van der Waals surface area contributed by atoms with Gasteiger partial charge in [-0.15, -0.1) is 0 Å². The number of likely N-dealkylation sites (N-methyl/N-ethyl adjacent to an activating group) is 1. The molecule has 0 aromatic heterocycles. The van der Waals surface area contributed by atoms with E-state index in [2.05, 4.69) is 21.2 Å². The van der Waals surface area contributed by atoms with Gasteiger partial charge in [0, 0.05) is 24.0 Å². The summed E-state index contributed by atoms with van der Waals surface area (Å²) >= 11 is 3.38. The standard InChI is InChI=1S/C15H21BrN2O2/c1-4-14(19)18(11(3)15(20)17-5-2)10-12-6-8-13(16)9-7-12/h6-9,11H,4-5,10H2,1-3H3,(H,17,20)/t11-/m0/s1. The monoisotopic (exact) mass is 340 g/mol. The van der Waals surface area contributed by atoms with Gasteiger partial charge in [-0.05, 0) is 31.5 Å². The quantitative estimate of drug-likeness (QED) is 0.865. The molecule has 5 heteroatoms. The maximum absolute atomic E-state index is 12.1. The third kappa shape index (κ3) is 4.63. The number of nitrogens with zero attached hydrogens (tertiary/aromatic N) is 1. The van der Waals surface area contributed by atoms with Gasteiger partial charge in [-0.25, -0.2) is 0 Å². The zero-order valence-electron chi connectivity index (χ0n) is 12.1. The molecule has 0 spiro atoms. The van der Waals surface area contributed by atoms with Crippen molar-refractivity contribution in [2.24, 2.45) is 0 Å². The second-order valence-corrected chi connectivity index (χ2v) is 5.49. The molecule has 0 aliphatic heterocycles. The van der Waals surface area contributed by atoms with Crippen molar-refractivity contribution in [3.05, 3.63) is 34.3 Å². The molecule has 1 rings (SSSR count). The molecule has 0 fully saturated rings. The lowest BCUT2D eigenvalue weighted by Gasteiger charge is -2.28. The molecule has 0 aliphatic rings. The maximum atomic E-state index is 12.1. The van der Waals surface area contributed by atoms with Crippen LogP contribution in [0.4, 0.5) is 0 Å². The predicted octanol–water partition coefficient (Wildman–Crippen LogP) is 2.71. The lowest BCUT2D eigenvalue weighted by Crippen LogP contribution is -2.47. The predicted molar refractivity (Wildman–Crippen MR) is 83.1 cm³/mol. The molecule has 0 heterocycles. The van der Waals surface area contributed by atoms with Gasteiger partial charge < -0.3 is 10.2 Å². The van der Waals surface area contributed by atoms with Crippen LogP contribution >= 0.6 is 15.9 Å². The maximum Gasteiger partial charge on any atom is 0.242 e. The third-order valence-electron chi connectivity index (χ3n) is 3.09. The lowest BCUT2D eigenvalue weighted by atomic mass is 10.1. The van der Waals surface area contributed by atoms with Crippen molar-refractivity contribution < 1.29 is 9.59 Å². The first-order valence-electron chi connectivity index (χ1n) is 6.81. The summed E-state index contributed by atoms with van der Waals surface area (Å²) in [6, 6.07) is 7.29. The van der Waals surface area contributed by atoms with Gasteiger partial charge in [0.2, 0.25) is 11.8 Å². The lowest BCUT2D eigenvalue weighted by molar-refractivity contribution is -0.140. The van der Waals surface area contributed by atoms with Crippen LogP contribution in [0.15, 0.2) is 28.7 Å². The smallest absolute Gasteiger partial charge is 0.242 e. The number of rotatable bonds is 6. The van der Waals surface area contributed by atoms with Gasteiger partial charge in [0.15, 0.2) is 0 Å². The van der Waals surface area contributed by atoms with Crippen molar-refractivity contribution in [1.82, 2.24) is 10.2 Å². The van der Waals surface area contributed by atoms with E-state index in [0.29, 0.717) is 19.5 Å². The Balaban J connectivity index is 2.86. The summed E-state index contributed by atoms with van der Waals surface area (Å²) < 4.78 is 0.992. The first-order valence-corrected chi connectivity index (χ1v) is 7.60. The second kappa shape index (κ2) is 8.04. The van der Waals surface area contributed by atoms with Crippen molar-refractivity contribution in [3.63, 3.8) is 0 Å². The van der Waals surface area contributed by atoms with Gasteiger partial charge >= 0.3 is 0 Å².